The molecule has 0 saturated carbocycles. The molecule has 78 valence electrons. The van der Waals surface area contributed by atoms with Crippen LogP contribution in [0.2, 0.25) is 0 Å². The first-order valence-electron chi connectivity index (χ1n) is 4.51. The number of halogens is 1. The second-order valence-corrected chi connectivity index (χ2v) is 3.97. The maximum atomic E-state index is 11.5. The van der Waals surface area contributed by atoms with Crippen LogP contribution in [0.25, 0.3) is 11.2 Å². The van der Waals surface area contributed by atoms with Gasteiger partial charge in [0.25, 0.3) is 0 Å². The van der Waals surface area contributed by atoms with Crippen LogP contribution in [-0.4, -0.2) is 25.6 Å². The lowest BCUT2D eigenvalue weighted by atomic mass is 10.3. The Morgan fingerprint density at radius 3 is 3.00 bits per heavy atom. The monoisotopic (exact) mass is 267 g/mol. The lowest BCUT2D eigenvalue weighted by molar-refractivity contribution is 0.101. The Labute approximate surface area is 95.5 Å². The summed E-state index contributed by atoms with van der Waals surface area (Å²) in [5.74, 6) is 0.410. The molecule has 0 aliphatic heterocycles. The van der Waals surface area contributed by atoms with E-state index < -0.39 is 0 Å². The Kier molecular flexibility index (Phi) is 2.56. The number of aryl methyl sites for hydroxylation is 2. The number of carbonyl (C=O) groups excluding carboxylic acids is 1. The second kappa shape index (κ2) is 3.73. The van der Waals surface area contributed by atoms with Crippen molar-refractivity contribution < 1.29 is 4.79 Å². The minimum absolute atomic E-state index is 0.0341. The molecule has 0 radical (unpaired) electrons. The number of hydrogen-bond donors (Lipinski definition) is 0. The summed E-state index contributed by atoms with van der Waals surface area (Å²) in [5, 5.41) is 0.281. The summed E-state index contributed by atoms with van der Waals surface area (Å²) in [6.07, 6.45) is 1.77. The van der Waals surface area contributed by atoms with Crippen LogP contribution in [0.5, 0.6) is 0 Å². The number of pyridine rings is 1. The van der Waals surface area contributed by atoms with Crippen molar-refractivity contribution in [1.82, 2.24) is 14.5 Å². The number of hydrogen-bond acceptors (Lipinski definition) is 3. The average Bonchev–Trinajstić information content (AvgIpc) is 2.54. The van der Waals surface area contributed by atoms with Crippen molar-refractivity contribution in [2.75, 3.05) is 5.33 Å². The third-order valence-corrected chi connectivity index (χ3v) is 2.73. The molecule has 0 unspecified atom stereocenters. The van der Waals surface area contributed by atoms with Gasteiger partial charge in [0, 0.05) is 13.2 Å². The van der Waals surface area contributed by atoms with Crippen molar-refractivity contribution in [3.8, 4) is 0 Å². The van der Waals surface area contributed by atoms with Crippen molar-refractivity contribution in [2.24, 2.45) is 7.05 Å². The van der Waals surface area contributed by atoms with E-state index in [2.05, 4.69) is 25.9 Å². The molecule has 0 aliphatic carbocycles. The zero-order chi connectivity index (χ0) is 11.0. The quantitative estimate of drug-likeness (QED) is 0.617. The SMILES string of the molecule is Cc1cnc2c(c1)nc(C(=O)CBr)n2C. The molecule has 0 atom stereocenters. The number of imidazole rings is 1. The number of carbonyl (C=O) groups is 1. The van der Waals surface area contributed by atoms with Gasteiger partial charge >= 0.3 is 0 Å². The third-order valence-electron chi connectivity index (χ3n) is 2.22. The highest BCUT2D eigenvalue weighted by molar-refractivity contribution is 9.09. The lowest BCUT2D eigenvalue weighted by Gasteiger charge is -1.97. The van der Waals surface area contributed by atoms with E-state index in [4.69, 9.17) is 0 Å². The number of aromatic nitrogens is 3. The highest BCUT2D eigenvalue weighted by Crippen LogP contribution is 2.14. The smallest absolute Gasteiger partial charge is 0.208 e. The van der Waals surface area contributed by atoms with E-state index >= 15 is 0 Å². The summed E-state index contributed by atoms with van der Waals surface area (Å²) >= 11 is 3.13. The maximum Gasteiger partial charge on any atom is 0.208 e. The van der Waals surface area contributed by atoms with Gasteiger partial charge in [-0.15, -0.1) is 0 Å². The Balaban J connectivity index is 2.69. The van der Waals surface area contributed by atoms with Crippen LogP contribution < -0.4 is 0 Å². The van der Waals surface area contributed by atoms with Crippen LogP contribution in [-0.2, 0) is 7.05 Å². The first-order valence-corrected chi connectivity index (χ1v) is 5.64. The molecule has 0 N–H and O–H groups in total. The Morgan fingerprint density at radius 1 is 1.60 bits per heavy atom. The minimum atomic E-state index is -0.0341. The largest absolute Gasteiger partial charge is 0.309 e. The van der Waals surface area contributed by atoms with Crippen LogP contribution in [0.3, 0.4) is 0 Å². The van der Waals surface area contributed by atoms with Crippen LogP contribution in [0.15, 0.2) is 12.3 Å². The number of rotatable bonds is 2. The zero-order valence-electron chi connectivity index (χ0n) is 8.49. The topological polar surface area (TPSA) is 47.8 Å². The average molecular weight is 268 g/mol. The van der Waals surface area contributed by atoms with Crippen molar-refractivity contribution in [3.05, 3.63) is 23.7 Å². The van der Waals surface area contributed by atoms with Crippen molar-refractivity contribution >= 4 is 32.9 Å². The predicted octanol–water partition coefficient (Wildman–Crippen LogP) is 1.85. The molecule has 0 bridgehead atoms. The van der Waals surface area contributed by atoms with Gasteiger partial charge in [-0.25, -0.2) is 9.97 Å². The minimum Gasteiger partial charge on any atom is -0.309 e. The van der Waals surface area contributed by atoms with E-state index in [-0.39, 0.29) is 11.1 Å². The molecule has 0 spiro atoms. The molecule has 4 nitrogen and oxygen atoms in total. The third kappa shape index (κ3) is 1.67. The van der Waals surface area contributed by atoms with Gasteiger partial charge in [-0.05, 0) is 18.6 Å². The maximum absolute atomic E-state index is 11.5. The molecule has 2 rings (SSSR count). The summed E-state index contributed by atoms with van der Waals surface area (Å²) in [7, 11) is 1.80. The molecule has 0 amide bonds. The first-order chi connectivity index (χ1) is 7.13. The number of ketones is 1. The zero-order valence-corrected chi connectivity index (χ0v) is 10.1. The van der Waals surface area contributed by atoms with Gasteiger partial charge in [0.05, 0.1) is 5.33 Å². The van der Waals surface area contributed by atoms with Crippen molar-refractivity contribution in [2.45, 2.75) is 6.92 Å². The van der Waals surface area contributed by atoms with Crippen molar-refractivity contribution in [1.29, 1.82) is 0 Å². The lowest BCUT2D eigenvalue weighted by Crippen LogP contribution is -2.08. The van der Waals surface area contributed by atoms with Crippen LogP contribution >= 0.6 is 15.9 Å². The van der Waals surface area contributed by atoms with Gasteiger partial charge in [0.2, 0.25) is 5.78 Å². The van der Waals surface area contributed by atoms with Gasteiger partial charge in [-0.2, -0.15) is 0 Å². The molecule has 0 aromatic carbocycles. The molecule has 2 aromatic rings. The summed E-state index contributed by atoms with van der Waals surface area (Å²) in [6.45, 7) is 1.95. The van der Waals surface area contributed by atoms with E-state index in [1.165, 1.54) is 0 Å². The highest BCUT2D eigenvalue weighted by atomic mass is 79.9. The molecule has 5 heteroatoms. The molecule has 2 aromatic heterocycles. The molecular weight excluding hydrogens is 258 g/mol. The molecule has 0 fully saturated rings. The van der Waals surface area contributed by atoms with E-state index in [9.17, 15) is 4.79 Å². The highest BCUT2D eigenvalue weighted by Gasteiger charge is 2.14. The number of alkyl halides is 1. The standard InChI is InChI=1S/C10H10BrN3O/c1-6-3-7-9(12-5-6)14(2)10(13-7)8(15)4-11/h3,5H,4H2,1-2H3. The fraction of sp³-hybridized carbons (Fsp3) is 0.300. The van der Waals surface area contributed by atoms with Gasteiger partial charge in [-0.1, -0.05) is 15.9 Å². The van der Waals surface area contributed by atoms with Crippen LogP contribution in [0.1, 0.15) is 16.2 Å². The number of fused-ring (bicyclic) bond motifs is 1. The fourth-order valence-corrected chi connectivity index (χ4v) is 1.74. The Morgan fingerprint density at radius 2 is 2.33 bits per heavy atom. The van der Waals surface area contributed by atoms with E-state index in [0.717, 1.165) is 16.7 Å². The van der Waals surface area contributed by atoms with Gasteiger partial charge in [-0.3, -0.25) is 4.79 Å². The second-order valence-electron chi connectivity index (χ2n) is 3.41. The molecule has 0 aliphatic rings. The Hall–Kier alpha value is -1.23. The summed E-state index contributed by atoms with van der Waals surface area (Å²) in [5.41, 5.74) is 2.55. The first kappa shape index (κ1) is 10.3. The fourth-order valence-electron chi connectivity index (χ4n) is 1.49. The van der Waals surface area contributed by atoms with Crippen LogP contribution in [0.4, 0.5) is 0 Å². The van der Waals surface area contributed by atoms with E-state index in [0.29, 0.717) is 5.82 Å². The van der Waals surface area contributed by atoms with Crippen LogP contribution in [0, 0.1) is 6.92 Å². The molecular formula is C10H10BrN3O. The van der Waals surface area contributed by atoms with E-state index in [1.807, 2.05) is 13.0 Å². The predicted molar refractivity (Wildman–Crippen MR) is 61.4 cm³/mol. The number of nitrogens with zero attached hydrogens (tertiary/aromatic N) is 3. The molecule has 15 heavy (non-hydrogen) atoms. The van der Waals surface area contributed by atoms with E-state index in [1.54, 1.807) is 17.8 Å². The summed E-state index contributed by atoms with van der Waals surface area (Å²) in [4.78, 5) is 20.0. The van der Waals surface area contributed by atoms with Crippen molar-refractivity contribution in [3.63, 3.8) is 0 Å². The van der Waals surface area contributed by atoms with Gasteiger partial charge in [0.15, 0.2) is 11.5 Å². The Bertz CT molecular complexity index is 533. The summed E-state index contributed by atoms with van der Waals surface area (Å²) < 4.78 is 1.72. The van der Waals surface area contributed by atoms with Gasteiger partial charge < -0.3 is 4.57 Å². The van der Waals surface area contributed by atoms with Gasteiger partial charge in [0.1, 0.15) is 5.52 Å². The number of Topliss-reactive ketones (excluding diaryl/α,β-unsaturated/α-hetero) is 1. The summed E-state index contributed by atoms with van der Waals surface area (Å²) in [6, 6.07) is 1.92. The molecule has 0 saturated heterocycles. The normalized spacial score (nSPS) is 10.9. The molecule has 2 heterocycles.